The highest BCUT2D eigenvalue weighted by Gasteiger charge is 2.13. The molecule has 0 saturated carbocycles. The standard InChI is InChI=1S/C16H16N2O/c1-10-3-5-12-9-13(6-7-14(12)18-10)16(17)15-8-4-11(2)19-15/h3-9,16H,17H2,1-2H3. The van der Waals surface area contributed by atoms with Gasteiger partial charge in [0, 0.05) is 11.1 Å². The molecule has 1 unspecified atom stereocenters. The van der Waals surface area contributed by atoms with E-state index in [4.69, 9.17) is 10.2 Å². The molecule has 0 amide bonds. The molecule has 96 valence electrons. The summed E-state index contributed by atoms with van der Waals surface area (Å²) in [5.41, 5.74) is 9.28. The van der Waals surface area contributed by atoms with Gasteiger partial charge in [-0.2, -0.15) is 0 Å². The molecule has 3 nitrogen and oxygen atoms in total. The van der Waals surface area contributed by atoms with Crippen LogP contribution in [0.1, 0.15) is 28.8 Å². The van der Waals surface area contributed by atoms with Gasteiger partial charge in [0.25, 0.3) is 0 Å². The number of furan rings is 1. The number of hydrogen-bond donors (Lipinski definition) is 1. The Balaban J connectivity index is 2.03. The van der Waals surface area contributed by atoms with Crippen molar-refractivity contribution in [2.45, 2.75) is 19.9 Å². The number of rotatable bonds is 2. The quantitative estimate of drug-likeness (QED) is 0.759. The van der Waals surface area contributed by atoms with Crippen LogP contribution in [0.4, 0.5) is 0 Å². The number of nitrogens with zero attached hydrogens (tertiary/aromatic N) is 1. The maximum absolute atomic E-state index is 6.24. The summed E-state index contributed by atoms with van der Waals surface area (Å²) in [5.74, 6) is 1.67. The van der Waals surface area contributed by atoms with Crippen molar-refractivity contribution in [2.24, 2.45) is 5.73 Å². The van der Waals surface area contributed by atoms with Crippen LogP contribution >= 0.6 is 0 Å². The topological polar surface area (TPSA) is 52.0 Å². The van der Waals surface area contributed by atoms with Crippen LogP contribution in [0.5, 0.6) is 0 Å². The minimum absolute atomic E-state index is 0.237. The number of aryl methyl sites for hydroxylation is 2. The summed E-state index contributed by atoms with van der Waals surface area (Å²) in [5, 5.41) is 1.10. The Morgan fingerprint density at radius 1 is 1.05 bits per heavy atom. The van der Waals surface area contributed by atoms with Crippen LogP contribution < -0.4 is 5.73 Å². The Kier molecular flexibility index (Phi) is 2.84. The molecule has 3 aromatic rings. The summed E-state index contributed by atoms with van der Waals surface area (Å²) in [7, 11) is 0. The number of hydrogen-bond acceptors (Lipinski definition) is 3. The third kappa shape index (κ3) is 2.25. The molecular weight excluding hydrogens is 236 g/mol. The normalized spacial score (nSPS) is 12.8. The van der Waals surface area contributed by atoms with E-state index in [2.05, 4.69) is 17.1 Å². The van der Waals surface area contributed by atoms with Crippen LogP contribution in [-0.2, 0) is 0 Å². The average Bonchev–Trinajstić information content (AvgIpc) is 2.84. The van der Waals surface area contributed by atoms with Crippen molar-refractivity contribution in [3.05, 3.63) is 65.2 Å². The van der Waals surface area contributed by atoms with E-state index in [0.29, 0.717) is 0 Å². The molecular formula is C16H16N2O. The van der Waals surface area contributed by atoms with Crippen molar-refractivity contribution in [2.75, 3.05) is 0 Å². The van der Waals surface area contributed by atoms with Gasteiger partial charge in [-0.25, -0.2) is 0 Å². The van der Waals surface area contributed by atoms with Gasteiger partial charge in [-0.1, -0.05) is 12.1 Å². The van der Waals surface area contributed by atoms with Crippen molar-refractivity contribution in [1.82, 2.24) is 4.98 Å². The predicted octanol–water partition coefficient (Wildman–Crippen LogP) is 3.49. The fourth-order valence-electron chi connectivity index (χ4n) is 2.22. The highest BCUT2D eigenvalue weighted by molar-refractivity contribution is 5.79. The smallest absolute Gasteiger partial charge is 0.125 e. The molecule has 2 aromatic heterocycles. The maximum Gasteiger partial charge on any atom is 0.125 e. The van der Waals surface area contributed by atoms with Crippen LogP contribution in [0.3, 0.4) is 0 Å². The number of fused-ring (bicyclic) bond motifs is 1. The van der Waals surface area contributed by atoms with Gasteiger partial charge in [-0.05, 0) is 49.7 Å². The SMILES string of the molecule is Cc1ccc2cc(C(N)c3ccc(C)o3)ccc2n1. The third-order valence-corrected chi connectivity index (χ3v) is 3.28. The third-order valence-electron chi connectivity index (χ3n) is 3.28. The van der Waals surface area contributed by atoms with Crippen molar-refractivity contribution in [3.8, 4) is 0 Å². The van der Waals surface area contributed by atoms with Gasteiger partial charge in [0.15, 0.2) is 0 Å². The molecule has 3 rings (SSSR count). The molecule has 0 fully saturated rings. The first-order valence-corrected chi connectivity index (χ1v) is 6.33. The van der Waals surface area contributed by atoms with Crippen molar-refractivity contribution in [1.29, 1.82) is 0 Å². The molecule has 3 heteroatoms. The van der Waals surface area contributed by atoms with Gasteiger partial charge < -0.3 is 10.2 Å². The summed E-state index contributed by atoms with van der Waals surface area (Å²) in [6, 6.07) is 13.8. The van der Waals surface area contributed by atoms with E-state index in [1.807, 2.05) is 44.2 Å². The lowest BCUT2D eigenvalue weighted by Gasteiger charge is -2.10. The highest BCUT2D eigenvalue weighted by Crippen LogP contribution is 2.24. The average molecular weight is 252 g/mol. The molecule has 0 radical (unpaired) electrons. The molecule has 1 aromatic carbocycles. The van der Waals surface area contributed by atoms with Gasteiger partial charge in [0.05, 0.1) is 11.6 Å². The van der Waals surface area contributed by atoms with Crippen molar-refractivity contribution >= 4 is 10.9 Å². The van der Waals surface area contributed by atoms with E-state index in [-0.39, 0.29) is 6.04 Å². The molecule has 0 aliphatic heterocycles. The van der Waals surface area contributed by atoms with Crippen LogP contribution in [0.25, 0.3) is 10.9 Å². The van der Waals surface area contributed by atoms with E-state index >= 15 is 0 Å². The van der Waals surface area contributed by atoms with Gasteiger partial charge in [0.2, 0.25) is 0 Å². The fraction of sp³-hybridized carbons (Fsp3) is 0.188. The van der Waals surface area contributed by atoms with Crippen molar-refractivity contribution in [3.63, 3.8) is 0 Å². The number of benzene rings is 1. The number of nitrogens with two attached hydrogens (primary N) is 1. The zero-order valence-corrected chi connectivity index (χ0v) is 11.1. The summed E-state index contributed by atoms with van der Waals surface area (Å²) < 4.78 is 5.59. The van der Waals surface area contributed by atoms with Gasteiger partial charge >= 0.3 is 0 Å². The molecule has 0 spiro atoms. The molecule has 0 bridgehead atoms. The van der Waals surface area contributed by atoms with Gasteiger partial charge in [-0.3, -0.25) is 4.98 Å². The second-order valence-electron chi connectivity index (χ2n) is 4.83. The van der Waals surface area contributed by atoms with Gasteiger partial charge in [-0.15, -0.1) is 0 Å². The number of pyridine rings is 1. The first kappa shape index (κ1) is 11.9. The second-order valence-corrected chi connectivity index (χ2v) is 4.83. The molecule has 2 heterocycles. The Labute approximate surface area is 112 Å². The lowest BCUT2D eigenvalue weighted by atomic mass is 10.0. The lowest BCUT2D eigenvalue weighted by Crippen LogP contribution is -2.10. The molecule has 0 saturated heterocycles. The van der Waals surface area contributed by atoms with E-state index < -0.39 is 0 Å². The first-order chi connectivity index (χ1) is 9.13. The Morgan fingerprint density at radius 2 is 1.89 bits per heavy atom. The van der Waals surface area contributed by atoms with E-state index in [0.717, 1.165) is 33.7 Å². The first-order valence-electron chi connectivity index (χ1n) is 6.33. The maximum atomic E-state index is 6.24. The molecule has 2 N–H and O–H groups in total. The minimum Gasteiger partial charge on any atom is -0.464 e. The minimum atomic E-state index is -0.237. The zero-order chi connectivity index (χ0) is 13.4. The highest BCUT2D eigenvalue weighted by atomic mass is 16.3. The number of aromatic nitrogens is 1. The molecule has 19 heavy (non-hydrogen) atoms. The summed E-state index contributed by atoms with van der Waals surface area (Å²) in [4.78, 5) is 4.49. The second kappa shape index (κ2) is 4.52. The zero-order valence-electron chi connectivity index (χ0n) is 11.1. The Morgan fingerprint density at radius 3 is 2.63 bits per heavy atom. The Hall–Kier alpha value is -2.13. The van der Waals surface area contributed by atoms with E-state index in [9.17, 15) is 0 Å². The Bertz CT molecular complexity index is 730. The molecule has 0 aliphatic rings. The van der Waals surface area contributed by atoms with Gasteiger partial charge in [0.1, 0.15) is 11.5 Å². The van der Waals surface area contributed by atoms with Crippen LogP contribution in [0.15, 0.2) is 46.9 Å². The fourth-order valence-corrected chi connectivity index (χ4v) is 2.22. The molecule has 1 atom stereocenters. The summed E-state index contributed by atoms with van der Waals surface area (Å²) in [6.07, 6.45) is 0. The van der Waals surface area contributed by atoms with Crippen LogP contribution in [0, 0.1) is 13.8 Å². The van der Waals surface area contributed by atoms with Crippen molar-refractivity contribution < 1.29 is 4.42 Å². The lowest BCUT2D eigenvalue weighted by molar-refractivity contribution is 0.466. The summed E-state index contributed by atoms with van der Waals surface area (Å²) in [6.45, 7) is 3.91. The predicted molar refractivity (Wildman–Crippen MR) is 76.0 cm³/mol. The van der Waals surface area contributed by atoms with E-state index in [1.54, 1.807) is 0 Å². The van der Waals surface area contributed by atoms with Crippen LogP contribution in [-0.4, -0.2) is 4.98 Å². The summed E-state index contributed by atoms with van der Waals surface area (Å²) >= 11 is 0. The van der Waals surface area contributed by atoms with E-state index in [1.165, 1.54) is 0 Å². The van der Waals surface area contributed by atoms with Crippen LogP contribution in [0.2, 0.25) is 0 Å². The largest absolute Gasteiger partial charge is 0.464 e. The monoisotopic (exact) mass is 252 g/mol. The molecule has 0 aliphatic carbocycles.